The fraction of sp³-hybridized carbons (Fsp3) is 0.120. The predicted molar refractivity (Wildman–Crippen MR) is 115 cm³/mol. The number of nitrogens with zero attached hydrogens (tertiary/aromatic N) is 1. The topological polar surface area (TPSA) is 4.93 Å². The summed E-state index contributed by atoms with van der Waals surface area (Å²) >= 11 is 6.14. The standard InChI is InChI=1S/C25H22ClN/c1-19-18-24(21-10-6-3-7-11-21)25(22-12-14-23(26)15-13-22)27(19)17-16-20-8-4-2-5-9-20/h2-15,18H,16-17H2,1H3. The van der Waals surface area contributed by atoms with Gasteiger partial charge in [-0.05, 0) is 48.2 Å². The first kappa shape index (κ1) is 17.6. The van der Waals surface area contributed by atoms with Crippen LogP contribution in [0.1, 0.15) is 11.3 Å². The lowest BCUT2D eigenvalue weighted by Crippen LogP contribution is -2.05. The van der Waals surface area contributed by atoms with Gasteiger partial charge in [-0.3, -0.25) is 0 Å². The molecule has 0 fully saturated rings. The number of rotatable bonds is 5. The van der Waals surface area contributed by atoms with Gasteiger partial charge in [0.2, 0.25) is 0 Å². The molecule has 3 aromatic carbocycles. The Labute approximate surface area is 165 Å². The second-order valence-corrected chi connectivity index (χ2v) is 7.24. The van der Waals surface area contributed by atoms with E-state index in [9.17, 15) is 0 Å². The maximum atomic E-state index is 6.14. The van der Waals surface area contributed by atoms with Gasteiger partial charge in [-0.15, -0.1) is 0 Å². The third kappa shape index (κ3) is 3.84. The lowest BCUT2D eigenvalue weighted by Gasteiger charge is -2.14. The van der Waals surface area contributed by atoms with E-state index in [2.05, 4.69) is 90.4 Å². The molecule has 0 aliphatic rings. The number of aromatic nitrogens is 1. The largest absolute Gasteiger partial charge is 0.344 e. The van der Waals surface area contributed by atoms with Gasteiger partial charge in [-0.2, -0.15) is 0 Å². The van der Waals surface area contributed by atoms with E-state index in [-0.39, 0.29) is 0 Å². The maximum absolute atomic E-state index is 6.14. The normalized spacial score (nSPS) is 10.9. The highest BCUT2D eigenvalue weighted by atomic mass is 35.5. The lowest BCUT2D eigenvalue weighted by atomic mass is 10.0. The molecule has 1 aromatic heterocycles. The van der Waals surface area contributed by atoms with Crippen LogP contribution in [0.3, 0.4) is 0 Å². The first-order chi connectivity index (χ1) is 13.2. The van der Waals surface area contributed by atoms with Gasteiger partial charge in [-0.1, -0.05) is 84.4 Å². The SMILES string of the molecule is Cc1cc(-c2ccccc2)c(-c2ccc(Cl)cc2)n1CCc1ccccc1. The molecule has 0 saturated carbocycles. The van der Waals surface area contributed by atoms with Crippen molar-refractivity contribution < 1.29 is 0 Å². The van der Waals surface area contributed by atoms with Crippen LogP contribution in [0, 0.1) is 6.92 Å². The van der Waals surface area contributed by atoms with Crippen LogP contribution in [0.15, 0.2) is 91.0 Å². The summed E-state index contributed by atoms with van der Waals surface area (Å²) in [6, 6.07) is 31.7. The molecule has 0 N–H and O–H groups in total. The van der Waals surface area contributed by atoms with Gasteiger partial charge in [0.15, 0.2) is 0 Å². The molecule has 0 bridgehead atoms. The van der Waals surface area contributed by atoms with Crippen LogP contribution in [0.25, 0.3) is 22.4 Å². The average Bonchev–Trinajstić information content (AvgIpc) is 3.05. The summed E-state index contributed by atoms with van der Waals surface area (Å²) in [5, 5.41) is 0.763. The van der Waals surface area contributed by atoms with E-state index >= 15 is 0 Å². The second kappa shape index (κ2) is 7.85. The molecule has 0 spiro atoms. The molecule has 4 aromatic rings. The zero-order valence-corrected chi connectivity index (χ0v) is 16.2. The zero-order valence-electron chi connectivity index (χ0n) is 15.4. The van der Waals surface area contributed by atoms with Gasteiger partial charge in [-0.25, -0.2) is 0 Å². The van der Waals surface area contributed by atoms with Crippen molar-refractivity contribution in [2.24, 2.45) is 0 Å². The molecule has 0 aliphatic carbocycles. The number of halogens is 1. The predicted octanol–water partition coefficient (Wildman–Crippen LogP) is 7.03. The summed E-state index contributed by atoms with van der Waals surface area (Å²) in [6.07, 6.45) is 1.01. The molecular formula is C25H22ClN. The maximum Gasteiger partial charge on any atom is 0.0562 e. The van der Waals surface area contributed by atoms with Crippen molar-refractivity contribution in [3.05, 3.63) is 107 Å². The van der Waals surface area contributed by atoms with Gasteiger partial charge in [0, 0.05) is 22.8 Å². The van der Waals surface area contributed by atoms with Crippen LogP contribution >= 0.6 is 11.6 Å². The summed E-state index contributed by atoms with van der Waals surface area (Å²) < 4.78 is 2.43. The molecule has 0 radical (unpaired) electrons. The Hall–Kier alpha value is -2.77. The number of aryl methyl sites for hydroxylation is 2. The van der Waals surface area contributed by atoms with Crippen molar-refractivity contribution in [3.8, 4) is 22.4 Å². The van der Waals surface area contributed by atoms with Crippen molar-refractivity contribution in [2.75, 3.05) is 0 Å². The summed E-state index contributed by atoms with van der Waals surface area (Å²) in [5.74, 6) is 0. The molecule has 4 rings (SSSR count). The summed E-state index contributed by atoms with van der Waals surface area (Å²) in [5.41, 5.74) is 7.59. The Balaban J connectivity index is 1.80. The van der Waals surface area contributed by atoms with Crippen LogP contribution in [-0.4, -0.2) is 4.57 Å². The van der Waals surface area contributed by atoms with Crippen molar-refractivity contribution >= 4 is 11.6 Å². The monoisotopic (exact) mass is 371 g/mol. The zero-order chi connectivity index (χ0) is 18.6. The van der Waals surface area contributed by atoms with Crippen molar-refractivity contribution in [2.45, 2.75) is 19.9 Å². The molecule has 1 heterocycles. The molecule has 0 atom stereocenters. The third-order valence-electron chi connectivity index (χ3n) is 4.97. The van der Waals surface area contributed by atoms with E-state index in [0.29, 0.717) is 0 Å². The molecule has 134 valence electrons. The van der Waals surface area contributed by atoms with Gasteiger partial charge >= 0.3 is 0 Å². The van der Waals surface area contributed by atoms with Crippen LogP contribution in [0.2, 0.25) is 5.02 Å². The Bertz CT molecular complexity index is 1020. The quantitative estimate of drug-likeness (QED) is 0.355. The van der Waals surface area contributed by atoms with E-state index in [1.807, 2.05) is 12.1 Å². The van der Waals surface area contributed by atoms with E-state index in [1.165, 1.54) is 33.6 Å². The Kier molecular flexibility index (Phi) is 5.13. The van der Waals surface area contributed by atoms with Crippen LogP contribution < -0.4 is 0 Å². The van der Waals surface area contributed by atoms with E-state index < -0.39 is 0 Å². The lowest BCUT2D eigenvalue weighted by molar-refractivity contribution is 0.688. The summed E-state index contributed by atoms with van der Waals surface area (Å²) in [6.45, 7) is 3.14. The van der Waals surface area contributed by atoms with Gasteiger partial charge in [0.25, 0.3) is 0 Å². The highest BCUT2D eigenvalue weighted by molar-refractivity contribution is 6.30. The molecule has 2 heteroatoms. The smallest absolute Gasteiger partial charge is 0.0562 e. The van der Waals surface area contributed by atoms with Crippen LogP contribution in [0.5, 0.6) is 0 Å². The highest BCUT2D eigenvalue weighted by Gasteiger charge is 2.16. The third-order valence-corrected chi connectivity index (χ3v) is 5.23. The second-order valence-electron chi connectivity index (χ2n) is 6.81. The minimum atomic E-state index is 0.763. The number of hydrogen-bond donors (Lipinski definition) is 0. The summed E-state index contributed by atoms with van der Waals surface area (Å²) in [4.78, 5) is 0. The molecule has 27 heavy (non-hydrogen) atoms. The first-order valence-electron chi connectivity index (χ1n) is 9.28. The molecule has 0 unspecified atom stereocenters. The van der Waals surface area contributed by atoms with Crippen LogP contribution in [0.4, 0.5) is 0 Å². The Morgan fingerprint density at radius 2 is 1.37 bits per heavy atom. The minimum Gasteiger partial charge on any atom is -0.344 e. The Morgan fingerprint density at radius 3 is 2.04 bits per heavy atom. The first-order valence-corrected chi connectivity index (χ1v) is 9.65. The number of benzene rings is 3. The van der Waals surface area contributed by atoms with E-state index in [0.717, 1.165) is 18.0 Å². The van der Waals surface area contributed by atoms with Crippen molar-refractivity contribution in [3.63, 3.8) is 0 Å². The van der Waals surface area contributed by atoms with Gasteiger partial charge in [0.1, 0.15) is 0 Å². The average molecular weight is 372 g/mol. The summed E-state index contributed by atoms with van der Waals surface area (Å²) in [7, 11) is 0. The van der Waals surface area contributed by atoms with Crippen molar-refractivity contribution in [1.82, 2.24) is 4.57 Å². The van der Waals surface area contributed by atoms with E-state index in [4.69, 9.17) is 11.6 Å². The highest BCUT2D eigenvalue weighted by Crippen LogP contribution is 2.35. The molecular weight excluding hydrogens is 350 g/mol. The molecule has 0 saturated heterocycles. The van der Waals surface area contributed by atoms with Gasteiger partial charge in [0.05, 0.1) is 5.69 Å². The Morgan fingerprint density at radius 1 is 0.741 bits per heavy atom. The van der Waals surface area contributed by atoms with E-state index in [1.54, 1.807) is 0 Å². The fourth-order valence-corrected chi connectivity index (χ4v) is 3.73. The van der Waals surface area contributed by atoms with Crippen molar-refractivity contribution in [1.29, 1.82) is 0 Å². The van der Waals surface area contributed by atoms with Crippen LogP contribution in [-0.2, 0) is 13.0 Å². The molecule has 0 amide bonds. The fourth-order valence-electron chi connectivity index (χ4n) is 3.61. The molecule has 1 nitrogen and oxygen atoms in total. The molecule has 0 aliphatic heterocycles. The minimum absolute atomic E-state index is 0.763. The van der Waals surface area contributed by atoms with Gasteiger partial charge < -0.3 is 4.57 Å². The number of hydrogen-bond acceptors (Lipinski definition) is 0.